The van der Waals surface area contributed by atoms with E-state index < -0.39 is 11.6 Å². The SMILES string of the molecule is Cc1cc([C@@H](C)Nc2ccc(Cl)nc2C(=O)OC(C)(C)C)c2oc(C3CC3)c(C)c(=O)c2c1. The fraction of sp³-hybridized carbons (Fsp3) is 0.423. The van der Waals surface area contributed by atoms with Crippen LogP contribution in [-0.4, -0.2) is 16.6 Å². The summed E-state index contributed by atoms with van der Waals surface area (Å²) in [6, 6.07) is 6.92. The van der Waals surface area contributed by atoms with Crippen molar-refractivity contribution in [2.75, 3.05) is 5.32 Å². The Morgan fingerprint density at radius 3 is 2.58 bits per heavy atom. The molecule has 0 bridgehead atoms. The summed E-state index contributed by atoms with van der Waals surface area (Å²) < 4.78 is 11.9. The first kappa shape index (κ1) is 23.3. The van der Waals surface area contributed by atoms with E-state index in [0.29, 0.717) is 28.1 Å². The van der Waals surface area contributed by atoms with Gasteiger partial charge in [0.2, 0.25) is 0 Å². The molecular formula is C26H29ClN2O4. The number of hydrogen-bond acceptors (Lipinski definition) is 6. The zero-order chi connectivity index (χ0) is 24.1. The van der Waals surface area contributed by atoms with Crippen molar-refractivity contribution < 1.29 is 13.9 Å². The van der Waals surface area contributed by atoms with Crippen LogP contribution in [0.25, 0.3) is 11.0 Å². The number of carbonyl (C=O) groups is 1. The molecule has 0 radical (unpaired) electrons. The second kappa shape index (κ2) is 8.49. The van der Waals surface area contributed by atoms with Gasteiger partial charge >= 0.3 is 5.97 Å². The number of nitrogens with zero attached hydrogens (tertiary/aromatic N) is 1. The highest BCUT2D eigenvalue weighted by atomic mass is 35.5. The Bertz CT molecular complexity index is 1300. The zero-order valence-corrected chi connectivity index (χ0v) is 20.6. The first-order valence-electron chi connectivity index (χ1n) is 11.2. The lowest BCUT2D eigenvalue weighted by Crippen LogP contribution is -2.25. The van der Waals surface area contributed by atoms with E-state index in [4.69, 9.17) is 20.8 Å². The minimum Gasteiger partial charge on any atom is -0.460 e. The van der Waals surface area contributed by atoms with Crippen molar-refractivity contribution in [2.45, 2.75) is 71.9 Å². The molecule has 1 fully saturated rings. The first-order chi connectivity index (χ1) is 15.4. The summed E-state index contributed by atoms with van der Waals surface area (Å²) in [7, 11) is 0. The van der Waals surface area contributed by atoms with Crippen molar-refractivity contribution in [2.24, 2.45) is 0 Å². The van der Waals surface area contributed by atoms with E-state index >= 15 is 0 Å². The standard InChI is InChI=1S/C26H29ClN2O4/c1-13-11-17(24-18(12-13)22(30)14(2)23(32-24)16-7-8-16)15(3)28-19-9-10-20(27)29-21(19)25(31)33-26(4,5)6/h9-12,15-16,28H,7-8H2,1-6H3/t15-/m1/s1. The van der Waals surface area contributed by atoms with Crippen molar-refractivity contribution in [3.8, 4) is 0 Å². The number of hydrogen-bond donors (Lipinski definition) is 1. The van der Waals surface area contributed by atoms with Crippen LogP contribution in [0.3, 0.4) is 0 Å². The molecule has 0 amide bonds. The summed E-state index contributed by atoms with van der Waals surface area (Å²) in [6.45, 7) is 11.1. The second-order valence-corrected chi connectivity index (χ2v) is 10.2. The molecule has 7 heteroatoms. The Morgan fingerprint density at radius 1 is 1.24 bits per heavy atom. The van der Waals surface area contributed by atoms with Crippen LogP contribution >= 0.6 is 11.6 Å². The number of anilines is 1. The fourth-order valence-electron chi connectivity index (χ4n) is 3.99. The molecule has 1 aromatic carbocycles. The van der Waals surface area contributed by atoms with Gasteiger partial charge in [0.15, 0.2) is 11.1 Å². The second-order valence-electron chi connectivity index (χ2n) is 9.82. The van der Waals surface area contributed by atoms with Crippen molar-refractivity contribution in [3.05, 3.63) is 67.8 Å². The maximum atomic E-state index is 13.1. The lowest BCUT2D eigenvalue weighted by molar-refractivity contribution is 0.00640. The molecule has 6 nitrogen and oxygen atoms in total. The topological polar surface area (TPSA) is 81.4 Å². The largest absolute Gasteiger partial charge is 0.460 e. The summed E-state index contributed by atoms with van der Waals surface area (Å²) in [4.78, 5) is 30.1. The van der Waals surface area contributed by atoms with Crippen LogP contribution in [0.15, 0.2) is 33.5 Å². The molecule has 0 spiro atoms. The Hall–Kier alpha value is -2.86. The number of benzene rings is 1. The third-order valence-electron chi connectivity index (χ3n) is 5.67. The maximum absolute atomic E-state index is 13.1. The van der Waals surface area contributed by atoms with Crippen molar-refractivity contribution in [1.82, 2.24) is 4.98 Å². The molecule has 1 aliphatic rings. The summed E-state index contributed by atoms with van der Waals surface area (Å²) in [6.07, 6.45) is 2.08. The minimum atomic E-state index is -0.669. The molecule has 1 aliphatic carbocycles. The number of fused-ring (bicyclic) bond motifs is 1. The molecule has 2 aromatic heterocycles. The third-order valence-corrected chi connectivity index (χ3v) is 5.88. The molecular weight excluding hydrogens is 440 g/mol. The number of rotatable bonds is 5. The Balaban J connectivity index is 1.77. The lowest BCUT2D eigenvalue weighted by Gasteiger charge is -2.22. The monoisotopic (exact) mass is 468 g/mol. The molecule has 4 rings (SSSR count). The zero-order valence-electron chi connectivity index (χ0n) is 19.8. The number of esters is 1. The lowest BCUT2D eigenvalue weighted by atomic mass is 9.99. The van der Waals surface area contributed by atoms with E-state index in [2.05, 4.69) is 10.3 Å². The Kier molecular flexibility index (Phi) is 5.99. The van der Waals surface area contributed by atoms with Crippen LogP contribution in [0.4, 0.5) is 5.69 Å². The molecule has 1 saturated carbocycles. The van der Waals surface area contributed by atoms with Gasteiger partial charge in [0.05, 0.1) is 17.1 Å². The molecule has 1 N–H and O–H groups in total. The van der Waals surface area contributed by atoms with Gasteiger partial charge in [0.1, 0.15) is 22.1 Å². The van der Waals surface area contributed by atoms with Crippen LogP contribution in [-0.2, 0) is 4.74 Å². The van der Waals surface area contributed by atoms with Crippen LogP contribution in [0.5, 0.6) is 0 Å². The molecule has 2 heterocycles. The number of aromatic nitrogens is 1. The molecule has 1 atom stereocenters. The van der Waals surface area contributed by atoms with Gasteiger partial charge in [-0.1, -0.05) is 17.7 Å². The highest BCUT2D eigenvalue weighted by Crippen LogP contribution is 2.42. The predicted molar refractivity (Wildman–Crippen MR) is 130 cm³/mol. The van der Waals surface area contributed by atoms with E-state index in [0.717, 1.165) is 29.7 Å². The molecule has 3 aromatic rings. The van der Waals surface area contributed by atoms with Gasteiger partial charge in [0.25, 0.3) is 0 Å². The van der Waals surface area contributed by atoms with E-state index in [-0.39, 0.29) is 22.3 Å². The molecule has 0 saturated heterocycles. The van der Waals surface area contributed by atoms with E-state index in [9.17, 15) is 9.59 Å². The van der Waals surface area contributed by atoms with Crippen molar-refractivity contribution >= 4 is 34.2 Å². The number of halogens is 1. The Labute approximate surface area is 198 Å². The van der Waals surface area contributed by atoms with Crippen LogP contribution in [0.1, 0.15) is 85.4 Å². The third kappa shape index (κ3) is 4.91. The van der Waals surface area contributed by atoms with Gasteiger partial charge in [-0.2, -0.15) is 0 Å². The quantitative estimate of drug-likeness (QED) is 0.341. The van der Waals surface area contributed by atoms with E-state index in [1.807, 2.05) is 32.9 Å². The maximum Gasteiger partial charge on any atom is 0.359 e. The summed E-state index contributed by atoms with van der Waals surface area (Å²) >= 11 is 6.07. The van der Waals surface area contributed by atoms with Crippen LogP contribution in [0.2, 0.25) is 5.15 Å². The van der Waals surface area contributed by atoms with Gasteiger partial charge in [-0.3, -0.25) is 4.79 Å². The highest BCUT2D eigenvalue weighted by molar-refractivity contribution is 6.29. The van der Waals surface area contributed by atoms with Gasteiger partial charge < -0.3 is 14.5 Å². The molecule has 33 heavy (non-hydrogen) atoms. The minimum absolute atomic E-state index is 0.0119. The Morgan fingerprint density at radius 2 is 1.94 bits per heavy atom. The first-order valence-corrected chi connectivity index (χ1v) is 11.6. The van der Waals surface area contributed by atoms with Gasteiger partial charge in [0, 0.05) is 17.0 Å². The summed E-state index contributed by atoms with van der Waals surface area (Å²) in [5.41, 5.74) is 3.02. The number of ether oxygens (including phenoxy) is 1. The predicted octanol–water partition coefficient (Wildman–Crippen LogP) is 6.46. The van der Waals surface area contributed by atoms with Crippen molar-refractivity contribution in [1.29, 1.82) is 0 Å². The number of nitrogens with one attached hydrogen (secondary N) is 1. The molecule has 174 valence electrons. The number of pyridine rings is 1. The average molecular weight is 469 g/mol. The van der Waals surface area contributed by atoms with Crippen LogP contribution in [0, 0.1) is 13.8 Å². The van der Waals surface area contributed by atoms with Gasteiger partial charge in [-0.25, -0.2) is 9.78 Å². The van der Waals surface area contributed by atoms with Crippen LogP contribution < -0.4 is 10.7 Å². The number of carbonyl (C=O) groups excluding carboxylic acids is 1. The molecule has 0 unspecified atom stereocenters. The van der Waals surface area contributed by atoms with Crippen molar-refractivity contribution in [3.63, 3.8) is 0 Å². The fourth-order valence-corrected chi connectivity index (χ4v) is 4.13. The average Bonchev–Trinajstić information content (AvgIpc) is 3.55. The highest BCUT2D eigenvalue weighted by Gasteiger charge is 2.30. The van der Waals surface area contributed by atoms with E-state index in [1.54, 1.807) is 32.9 Å². The van der Waals surface area contributed by atoms with E-state index in [1.165, 1.54) is 0 Å². The summed E-state index contributed by atoms with van der Waals surface area (Å²) in [5, 5.41) is 4.13. The smallest absolute Gasteiger partial charge is 0.359 e. The van der Waals surface area contributed by atoms with Gasteiger partial charge in [-0.05, 0) is 78.1 Å². The van der Waals surface area contributed by atoms with Gasteiger partial charge in [-0.15, -0.1) is 0 Å². The normalized spacial score (nSPS) is 14.9. The molecule has 0 aliphatic heterocycles. The number of aryl methyl sites for hydroxylation is 1. The summed E-state index contributed by atoms with van der Waals surface area (Å²) in [5.74, 6) is 0.540.